The summed E-state index contributed by atoms with van der Waals surface area (Å²) in [6, 6.07) is 5.22. The van der Waals surface area contributed by atoms with Crippen molar-refractivity contribution in [2.24, 2.45) is 5.41 Å². The third-order valence-corrected chi connectivity index (χ3v) is 2.64. The summed E-state index contributed by atoms with van der Waals surface area (Å²) >= 11 is 2.14. The van der Waals surface area contributed by atoms with E-state index in [1.165, 1.54) is 0 Å². The second-order valence-corrected chi connectivity index (χ2v) is 5.43. The zero-order valence-electron chi connectivity index (χ0n) is 9.17. The van der Waals surface area contributed by atoms with E-state index < -0.39 is 0 Å². The quantitative estimate of drug-likeness (QED) is 0.443. The van der Waals surface area contributed by atoms with E-state index in [0.29, 0.717) is 6.54 Å². The van der Waals surface area contributed by atoms with Gasteiger partial charge in [-0.05, 0) is 49.4 Å². The van der Waals surface area contributed by atoms with Gasteiger partial charge in [0.15, 0.2) is 0 Å². The molecule has 0 unspecified atom stereocenters. The SMILES string of the molecule is CC(C)(C)C#CCn1c(I)cccc1=O. The molecule has 2 nitrogen and oxygen atoms in total. The molecule has 1 heterocycles. The van der Waals surface area contributed by atoms with Crippen LogP contribution in [0.5, 0.6) is 0 Å². The molecule has 80 valence electrons. The molecule has 1 aromatic heterocycles. The van der Waals surface area contributed by atoms with Crippen LogP contribution >= 0.6 is 22.6 Å². The average Bonchev–Trinajstić information content (AvgIpc) is 2.08. The van der Waals surface area contributed by atoms with Gasteiger partial charge in [-0.3, -0.25) is 9.36 Å². The normalized spacial score (nSPS) is 10.7. The minimum atomic E-state index is -0.0101. The Morgan fingerprint density at radius 3 is 2.60 bits per heavy atom. The van der Waals surface area contributed by atoms with Gasteiger partial charge < -0.3 is 0 Å². The minimum Gasteiger partial charge on any atom is -0.292 e. The van der Waals surface area contributed by atoms with Gasteiger partial charge in [0.2, 0.25) is 0 Å². The van der Waals surface area contributed by atoms with Crippen LogP contribution in [0.1, 0.15) is 20.8 Å². The Morgan fingerprint density at radius 2 is 2.07 bits per heavy atom. The predicted octanol–water partition coefficient (Wildman–Crippen LogP) is 2.50. The van der Waals surface area contributed by atoms with Crippen molar-refractivity contribution in [1.29, 1.82) is 0 Å². The lowest BCUT2D eigenvalue weighted by molar-refractivity contribution is 0.569. The van der Waals surface area contributed by atoms with Crippen molar-refractivity contribution in [1.82, 2.24) is 4.57 Å². The van der Waals surface area contributed by atoms with Crippen LogP contribution in [0, 0.1) is 21.0 Å². The van der Waals surface area contributed by atoms with E-state index in [1.54, 1.807) is 16.7 Å². The molecule has 0 saturated heterocycles. The molecule has 0 radical (unpaired) electrons. The molecule has 0 aliphatic rings. The smallest absolute Gasteiger partial charge is 0.252 e. The molecule has 1 aromatic rings. The number of nitrogens with zero attached hydrogens (tertiary/aromatic N) is 1. The van der Waals surface area contributed by atoms with Crippen LogP contribution in [-0.2, 0) is 6.54 Å². The van der Waals surface area contributed by atoms with Gasteiger partial charge in [-0.1, -0.05) is 17.9 Å². The molecular formula is C12H14INO. The highest BCUT2D eigenvalue weighted by atomic mass is 127. The largest absolute Gasteiger partial charge is 0.292 e. The summed E-state index contributed by atoms with van der Waals surface area (Å²) in [5.74, 6) is 6.14. The highest BCUT2D eigenvalue weighted by molar-refractivity contribution is 14.1. The molecular weight excluding hydrogens is 301 g/mol. The molecule has 15 heavy (non-hydrogen) atoms. The zero-order chi connectivity index (χ0) is 11.5. The fraction of sp³-hybridized carbons (Fsp3) is 0.417. The Balaban J connectivity index is 2.90. The fourth-order valence-electron chi connectivity index (χ4n) is 1.03. The first-order valence-electron chi connectivity index (χ1n) is 4.75. The molecule has 0 saturated carbocycles. The average molecular weight is 315 g/mol. The molecule has 0 spiro atoms. The Morgan fingerprint density at radius 1 is 1.40 bits per heavy atom. The summed E-state index contributed by atoms with van der Waals surface area (Å²) in [5, 5.41) is 0. The topological polar surface area (TPSA) is 22.0 Å². The summed E-state index contributed by atoms with van der Waals surface area (Å²) in [5.41, 5.74) is -0.00536. The molecule has 0 atom stereocenters. The maximum atomic E-state index is 11.5. The van der Waals surface area contributed by atoms with E-state index in [0.717, 1.165) is 3.70 Å². The van der Waals surface area contributed by atoms with Gasteiger partial charge in [-0.15, -0.1) is 0 Å². The zero-order valence-corrected chi connectivity index (χ0v) is 11.3. The lowest BCUT2D eigenvalue weighted by Gasteiger charge is -2.07. The molecule has 3 heteroatoms. The second-order valence-electron chi connectivity index (χ2n) is 4.32. The maximum absolute atomic E-state index is 11.5. The minimum absolute atomic E-state index is 0.00473. The van der Waals surface area contributed by atoms with Gasteiger partial charge >= 0.3 is 0 Å². The van der Waals surface area contributed by atoms with Crippen molar-refractivity contribution in [2.45, 2.75) is 27.3 Å². The number of aromatic nitrogens is 1. The van der Waals surface area contributed by atoms with Gasteiger partial charge in [-0.2, -0.15) is 0 Å². The van der Waals surface area contributed by atoms with Crippen LogP contribution in [0.25, 0.3) is 0 Å². The lowest BCUT2D eigenvalue weighted by atomic mass is 9.98. The monoisotopic (exact) mass is 315 g/mol. The van der Waals surface area contributed by atoms with Crippen LogP contribution < -0.4 is 5.56 Å². The van der Waals surface area contributed by atoms with Crippen LogP contribution in [-0.4, -0.2) is 4.57 Å². The maximum Gasteiger partial charge on any atom is 0.252 e. The molecule has 0 aliphatic carbocycles. The van der Waals surface area contributed by atoms with E-state index in [9.17, 15) is 4.79 Å². The molecule has 0 aliphatic heterocycles. The van der Waals surface area contributed by atoms with Gasteiger partial charge in [0.1, 0.15) is 0 Å². The van der Waals surface area contributed by atoms with E-state index in [-0.39, 0.29) is 11.0 Å². The summed E-state index contributed by atoms with van der Waals surface area (Å²) in [7, 11) is 0. The summed E-state index contributed by atoms with van der Waals surface area (Å²) in [6.45, 7) is 6.63. The van der Waals surface area contributed by atoms with Crippen LogP contribution in [0.15, 0.2) is 23.0 Å². The Bertz CT molecular complexity index is 457. The van der Waals surface area contributed by atoms with E-state index in [1.807, 2.05) is 6.07 Å². The third kappa shape index (κ3) is 4.08. The van der Waals surface area contributed by atoms with Crippen LogP contribution in [0.3, 0.4) is 0 Å². The van der Waals surface area contributed by atoms with Crippen molar-refractivity contribution in [3.05, 3.63) is 32.3 Å². The van der Waals surface area contributed by atoms with Crippen LogP contribution in [0.2, 0.25) is 0 Å². The van der Waals surface area contributed by atoms with Crippen molar-refractivity contribution < 1.29 is 0 Å². The van der Waals surface area contributed by atoms with Gasteiger partial charge in [-0.25, -0.2) is 0 Å². The number of halogens is 1. The standard InChI is InChI=1S/C12H14INO/c1-12(2,3)8-5-9-14-10(13)6-4-7-11(14)15/h4,6-7H,9H2,1-3H3. The second kappa shape index (κ2) is 4.84. The van der Waals surface area contributed by atoms with Gasteiger partial charge in [0, 0.05) is 11.5 Å². The van der Waals surface area contributed by atoms with Crippen LogP contribution in [0.4, 0.5) is 0 Å². The number of pyridine rings is 1. The highest BCUT2D eigenvalue weighted by Crippen LogP contribution is 2.09. The first-order valence-corrected chi connectivity index (χ1v) is 5.83. The van der Waals surface area contributed by atoms with Crippen molar-refractivity contribution in [3.63, 3.8) is 0 Å². The Hall–Kier alpha value is -0.760. The number of hydrogen-bond donors (Lipinski definition) is 0. The molecule has 0 aromatic carbocycles. The van der Waals surface area contributed by atoms with Crippen molar-refractivity contribution >= 4 is 22.6 Å². The van der Waals surface area contributed by atoms with Crippen molar-refractivity contribution in [3.8, 4) is 11.8 Å². The van der Waals surface area contributed by atoms with E-state index in [2.05, 4.69) is 55.2 Å². The summed E-state index contributed by atoms with van der Waals surface area (Å²) < 4.78 is 2.59. The Labute approximate surface area is 104 Å². The first-order chi connectivity index (χ1) is 6.90. The highest BCUT2D eigenvalue weighted by Gasteiger charge is 2.03. The summed E-state index contributed by atoms with van der Waals surface area (Å²) in [4.78, 5) is 11.5. The van der Waals surface area contributed by atoms with E-state index in [4.69, 9.17) is 0 Å². The lowest BCUT2D eigenvalue weighted by Crippen LogP contribution is -2.20. The Kier molecular flexibility index (Phi) is 3.97. The predicted molar refractivity (Wildman–Crippen MR) is 70.7 cm³/mol. The van der Waals surface area contributed by atoms with Gasteiger partial charge in [0.05, 0.1) is 10.2 Å². The van der Waals surface area contributed by atoms with E-state index >= 15 is 0 Å². The van der Waals surface area contributed by atoms with Crippen molar-refractivity contribution in [2.75, 3.05) is 0 Å². The third-order valence-electron chi connectivity index (χ3n) is 1.70. The summed E-state index contributed by atoms with van der Waals surface area (Å²) in [6.07, 6.45) is 0. The molecule has 1 rings (SSSR count). The fourth-order valence-corrected chi connectivity index (χ4v) is 1.65. The molecule has 0 N–H and O–H groups in total. The number of rotatable bonds is 1. The molecule has 0 amide bonds. The first kappa shape index (κ1) is 12.3. The number of hydrogen-bond acceptors (Lipinski definition) is 1. The molecule has 0 fully saturated rings. The van der Waals surface area contributed by atoms with Gasteiger partial charge in [0.25, 0.3) is 5.56 Å². The molecule has 0 bridgehead atoms.